The maximum atomic E-state index is 12.6. The Kier molecular flexibility index (Phi) is 7.75. The van der Waals surface area contributed by atoms with Crippen molar-refractivity contribution in [1.82, 2.24) is 10.3 Å². The lowest BCUT2D eigenvalue weighted by Crippen LogP contribution is -2.34. The van der Waals surface area contributed by atoms with E-state index < -0.39 is 0 Å². The van der Waals surface area contributed by atoms with Gasteiger partial charge in [0.2, 0.25) is 5.89 Å². The molecule has 190 valence electrons. The van der Waals surface area contributed by atoms with Crippen LogP contribution in [0.1, 0.15) is 30.1 Å². The van der Waals surface area contributed by atoms with Crippen LogP contribution in [0.2, 0.25) is 0 Å². The fourth-order valence-corrected chi connectivity index (χ4v) is 4.15. The summed E-state index contributed by atoms with van der Waals surface area (Å²) in [6.45, 7) is 2.77. The number of hydrogen-bond acceptors (Lipinski definition) is 5. The fraction of sp³-hybridized carbons (Fsp3) is 0.129. The molecule has 6 nitrogen and oxygen atoms in total. The van der Waals surface area contributed by atoms with Gasteiger partial charge in [-0.2, -0.15) is 0 Å². The van der Waals surface area contributed by atoms with Crippen molar-refractivity contribution >= 4 is 40.0 Å². The number of ether oxygens (including phenoxy) is 1. The second-order valence-corrected chi connectivity index (χ2v) is 9.19. The summed E-state index contributed by atoms with van der Waals surface area (Å²) in [5.74, 6) is 0.976. The summed E-state index contributed by atoms with van der Waals surface area (Å²) >= 11 is 5.35. The highest BCUT2D eigenvalue weighted by molar-refractivity contribution is 7.80. The van der Waals surface area contributed by atoms with E-state index in [4.69, 9.17) is 21.4 Å². The number of rotatable bonds is 8. The van der Waals surface area contributed by atoms with Gasteiger partial charge in [-0.15, -0.1) is 0 Å². The molecule has 1 aromatic heterocycles. The third kappa shape index (κ3) is 6.07. The van der Waals surface area contributed by atoms with Gasteiger partial charge in [-0.3, -0.25) is 10.1 Å². The van der Waals surface area contributed by atoms with E-state index in [1.165, 1.54) is 0 Å². The van der Waals surface area contributed by atoms with Crippen LogP contribution in [0, 0.1) is 0 Å². The molecule has 4 aromatic carbocycles. The first kappa shape index (κ1) is 25.2. The number of nitrogens with one attached hydrogen (secondary N) is 2. The minimum atomic E-state index is -0.300. The van der Waals surface area contributed by atoms with Gasteiger partial charge >= 0.3 is 0 Å². The number of amides is 1. The van der Waals surface area contributed by atoms with Crippen molar-refractivity contribution in [1.29, 1.82) is 0 Å². The number of hydrogen-bond donors (Lipinski definition) is 2. The van der Waals surface area contributed by atoms with Crippen LogP contribution in [0.5, 0.6) is 5.75 Å². The molecule has 38 heavy (non-hydrogen) atoms. The number of thiocarbonyl (C=S) groups is 1. The van der Waals surface area contributed by atoms with Crippen LogP contribution < -0.4 is 15.4 Å². The number of carbonyl (C=O) groups excluding carboxylic acids is 1. The zero-order valence-electron chi connectivity index (χ0n) is 20.9. The Morgan fingerprint density at radius 2 is 1.61 bits per heavy atom. The number of fused-ring (bicyclic) bond motifs is 1. The summed E-state index contributed by atoms with van der Waals surface area (Å²) in [7, 11) is 0. The number of unbranched alkanes of at least 4 members (excludes halogenated alkanes) is 1. The van der Waals surface area contributed by atoms with E-state index in [9.17, 15) is 4.79 Å². The average Bonchev–Trinajstić information content (AvgIpc) is 3.37. The van der Waals surface area contributed by atoms with E-state index in [1.807, 2.05) is 48.5 Å². The van der Waals surface area contributed by atoms with Gasteiger partial charge < -0.3 is 14.5 Å². The SMILES string of the molecule is CCCCOc1ccc(C(=O)NC(=S)Nc2ccc3oc(-c4ccc(-c5ccccc5)cc4)nc3c2)cc1. The van der Waals surface area contributed by atoms with Crippen molar-refractivity contribution in [2.75, 3.05) is 11.9 Å². The number of carbonyl (C=O) groups is 1. The summed E-state index contributed by atoms with van der Waals surface area (Å²) in [6, 6.07) is 30.8. The van der Waals surface area contributed by atoms with Gasteiger partial charge in [-0.25, -0.2) is 4.98 Å². The van der Waals surface area contributed by atoms with Crippen molar-refractivity contribution in [2.24, 2.45) is 0 Å². The topological polar surface area (TPSA) is 76.4 Å². The third-order valence-corrected chi connectivity index (χ3v) is 6.20. The van der Waals surface area contributed by atoms with Crippen molar-refractivity contribution in [2.45, 2.75) is 19.8 Å². The normalized spacial score (nSPS) is 10.8. The Labute approximate surface area is 226 Å². The van der Waals surface area contributed by atoms with Gasteiger partial charge in [0.15, 0.2) is 10.7 Å². The summed E-state index contributed by atoms with van der Waals surface area (Å²) in [5.41, 5.74) is 5.71. The van der Waals surface area contributed by atoms with Crippen LogP contribution >= 0.6 is 12.2 Å². The molecule has 1 amide bonds. The molecule has 0 atom stereocenters. The van der Waals surface area contributed by atoms with Crippen LogP contribution in [-0.4, -0.2) is 22.6 Å². The molecule has 0 aliphatic heterocycles. The Bertz CT molecular complexity index is 1550. The van der Waals surface area contributed by atoms with Crippen LogP contribution in [0.15, 0.2) is 101 Å². The highest BCUT2D eigenvalue weighted by atomic mass is 32.1. The monoisotopic (exact) mass is 521 g/mol. The zero-order valence-corrected chi connectivity index (χ0v) is 21.8. The van der Waals surface area contributed by atoms with Crippen LogP contribution in [-0.2, 0) is 0 Å². The van der Waals surface area contributed by atoms with E-state index in [1.54, 1.807) is 24.3 Å². The molecule has 0 saturated heterocycles. The number of anilines is 1. The van der Waals surface area contributed by atoms with Crippen molar-refractivity contribution in [3.05, 3.63) is 103 Å². The molecule has 5 aromatic rings. The molecule has 0 saturated carbocycles. The minimum Gasteiger partial charge on any atom is -0.494 e. The molecule has 0 unspecified atom stereocenters. The molecular weight excluding hydrogens is 494 g/mol. The summed E-state index contributed by atoms with van der Waals surface area (Å²) in [5, 5.41) is 5.95. The molecule has 0 radical (unpaired) electrons. The molecular formula is C31H27N3O3S. The first-order valence-electron chi connectivity index (χ1n) is 12.5. The molecule has 1 heterocycles. The lowest BCUT2D eigenvalue weighted by molar-refractivity contribution is 0.0977. The number of oxazole rings is 1. The zero-order chi connectivity index (χ0) is 26.3. The standard InChI is InChI=1S/C31H27N3O3S/c1-2-3-19-36-26-16-13-23(14-17-26)29(35)34-31(38)32-25-15-18-28-27(20-25)33-30(37-28)24-11-9-22(10-12-24)21-7-5-4-6-8-21/h4-18,20H,2-3,19H2,1H3,(H2,32,34,35,38). The smallest absolute Gasteiger partial charge is 0.257 e. The van der Waals surface area contributed by atoms with Crippen LogP contribution in [0.25, 0.3) is 33.7 Å². The predicted molar refractivity (Wildman–Crippen MR) is 155 cm³/mol. The maximum Gasteiger partial charge on any atom is 0.257 e. The molecule has 0 fully saturated rings. The molecule has 0 spiro atoms. The summed E-state index contributed by atoms with van der Waals surface area (Å²) < 4.78 is 11.6. The maximum absolute atomic E-state index is 12.6. The van der Waals surface area contributed by atoms with Gasteiger partial charge in [0.1, 0.15) is 11.3 Å². The molecule has 0 bridgehead atoms. The molecule has 0 aliphatic carbocycles. The van der Waals surface area contributed by atoms with Gasteiger partial charge in [0, 0.05) is 16.8 Å². The number of nitrogens with zero attached hydrogens (tertiary/aromatic N) is 1. The van der Waals surface area contributed by atoms with Gasteiger partial charge in [0.05, 0.1) is 6.61 Å². The first-order valence-corrected chi connectivity index (χ1v) is 12.9. The Hall–Kier alpha value is -4.49. The highest BCUT2D eigenvalue weighted by Gasteiger charge is 2.12. The first-order chi connectivity index (χ1) is 18.6. The molecule has 5 rings (SSSR count). The minimum absolute atomic E-state index is 0.192. The van der Waals surface area contributed by atoms with E-state index in [2.05, 4.69) is 46.8 Å². The Morgan fingerprint density at radius 1 is 0.895 bits per heavy atom. The quantitative estimate of drug-likeness (QED) is 0.163. The van der Waals surface area contributed by atoms with Gasteiger partial charge in [0.25, 0.3) is 5.91 Å². The fourth-order valence-electron chi connectivity index (χ4n) is 3.94. The van der Waals surface area contributed by atoms with Crippen molar-refractivity contribution < 1.29 is 13.9 Å². The van der Waals surface area contributed by atoms with Gasteiger partial charge in [-0.1, -0.05) is 55.8 Å². The molecule has 2 N–H and O–H groups in total. The van der Waals surface area contributed by atoms with Crippen molar-refractivity contribution in [3.63, 3.8) is 0 Å². The average molecular weight is 522 g/mol. The third-order valence-electron chi connectivity index (χ3n) is 5.99. The largest absolute Gasteiger partial charge is 0.494 e. The summed E-state index contributed by atoms with van der Waals surface area (Å²) in [6.07, 6.45) is 2.06. The summed E-state index contributed by atoms with van der Waals surface area (Å²) in [4.78, 5) is 17.2. The van der Waals surface area contributed by atoms with Crippen LogP contribution in [0.3, 0.4) is 0 Å². The van der Waals surface area contributed by atoms with E-state index >= 15 is 0 Å². The Balaban J connectivity index is 1.21. The Morgan fingerprint density at radius 3 is 2.34 bits per heavy atom. The lowest BCUT2D eigenvalue weighted by Gasteiger charge is -2.10. The van der Waals surface area contributed by atoms with Crippen molar-refractivity contribution in [3.8, 4) is 28.3 Å². The predicted octanol–water partition coefficient (Wildman–Crippen LogP) is 7.47. The molecule has 0 aliphatic rings. The van der Waals surface area contributed by atoms with E-state index in [0.717, 1.165) is 35.3 Å². The highest BCUT2D eigenvalue weighted by Crippen LogP contribution is 2.28. The second kappa shape index (κ2) is 11.7. The lowest BCUT2D eigenvalue weighted by atomic mass is 10.0. The number of benzene rings is 4. The van der Waals surface area contributed by atoms with Crippen LogP contribution in [0.4, 0.5) is 5.69 Å². The second-order valence-electron chi connectivity index (χ2n) is 8.78. The van der Waals surface area contributed by atoms with E-state index in [0.29, 0.717) is 34.8 Å². The molecule has 7 heteroatoms. The number of aromatic nitrogens is 1. The van der Waals surface area contributed by atoms with E-state index in [-0.39, 0.29) is 11.0 Å². The van der Waals surface area contributed by atoms with Gasteiger partial charge in [-0.05, 0) is 84.4 Å².